The summed E-state index contributed by atoms with van der Waals surface area (Å²) in [5, 5.41) is 0. The molecule has 0 N–H and O–H groups in total. The minimum atomic E-state index is 1.04. The summed E-state index contributed by atoms with van der Waals surface area (Å²) in [4.78, 5) is 0. The Morgan fingerprint density at radius 3 is 2.67 bits per heavy atom. The molecule has 0 aliphatic rings. The van der Waals surface area contributed by atoms with Gasteiger partial charge >= 0.3 is 0 Å². The molecule has 0 amide bonds. The van der Waals surface area contributed by atoms with E-state index in [1.54, 1.807) is 6.08 Å². The third kappa shape index (κ3) is 7.48. The quantitative estimate of drug-likeness (QED) is 0.388. The molecular formula is C9H14. The Morgan fingerprint density at radius 1 is 1.33 bits per heavy atom. The molecule has 0 aliphatic carbocycles. The molecule has 0 aliphatic heterocycles. The molecule has 0 heteroatoms. The van der Waals surface area contributed by atoms with Crippen molar-refractivity contribution in [2.24, 2.45) is 0 Å². The van der Waals surface area contributed by atoms with Crippen molar-refractivity contribution in [2.75, 3.05) is 0 Å². The summed E-state index contributed by atoms with van der Waals surface area (Å²) in [6, 6.07) is 0. The van der Waals surface area contributed by atoms with Gasteiger partial charge in [-0.3, -0.25) is 0 Å². The zero-order valence-electron chi connectivity index (χ0n) is 5.84. The molecule has 9 heavy (non-hydrogen) atoms. The van der Waals surface area contributed by atoms with Crippen molar-refractivity contribution in [3.63, 3.8) is 0 Å². The summed E-state index contributed by atoms with van der Waals surface area (Å²) < 4.78 is 0. The summed E-state index contributed by atoms with van der Waals surface area (Å²) in [5.41, 5.74) is 0. The Morgan fingerprint density at radius 2 is 2.11 bits per heavy atom. The molecule has 0 atom stereocenters. The first kappa shape index (κ1) is 8.48. The van der Waals surface area contributed by atoms with Crippen molar-refractivity contribution in [1.29, 1.82) is 0 Å². The maximum atomic E-state index is 5.12. The van der Waals surface area contributed by atoms with Gasteiger partial charge in [0.25, 0.3) is 0 Å². The van der Waals surface area contributed by atoms with E-state index < -0.39 is 0 Å². The Labute approximate surface area is 58.3 Å². The van der Waals surface area contributed by atoms with Crippen LogP contribution in [0, 0.1) is 13.5 Å². The zero-order valence-corrected chi connectivity index (χ0v) is 5.84. The number of hydrogen-bond donors (Lipinski definition) is 0. The number of unbranched alkanes of at least 4 members (excludes halogenated alkanes) is 3. The van der Waals surface area contributed by atoms with Gasteiger partial charge in [-0.2, -0.15) is 0 Å². The van der Waals surface area contributed by atoms with Gasteiger partial charge in [0.15, 0.2) is 0 Å². The van der Waals surface area contributed by atoms with Gasteiger partial charge in [0.05, 0.1) is 0 Å². The third-order valence-electron chi connectivity index (χ3n) is 1.12. The lowest BCUT2D eigenvalue weighted by molar-refractivity contribution is 0.760. The normalized spacial score (nSPS) is 10.3. The second kappa shape index (κ2) is 7.48. The topological polar surface area (TPSA) is 0 Å². The second-order valence-corrected chi connectivity index (χ2v) is 1.97. The Bertz CT molecular complexity index is 80.0. The van der Waals surface area contributed by atoms with Crippen molar-refractivity contribution in [1.82, 2.24) is 0 Å². The lowest BCUT2D eigenvalue weighted by Crippen LogP contribution is -1.69. The third-order valence-corrected chi connectivity index (χ3v) is 1.12. The minimum Gasteiger partial charge on any atom is -0.0845 e. The summed E-state index contributed by atoms with van der Waals surface area (Å²) >= 11 is 0. The first-order chi connectivity index (χ1) is 4.41. The first-order valence-electron chi connectivity index (χ1n) is 3.41. The van der Waals surface area contributed by atoms with E-state index in [0.717, 1.165) is 12.8 Å². The molecule has 50 valence electrons. The van der Waals surface area contributed by atoms with Crippen molar-refractivity contribution >= 4 is 0 Å². The molecule has 0 aromatic rings. The van der Waals surface area contributed by atoms with E-state index in [-0.39, 0.29) is 0 Å². The Kier molecular flexibility index (Phi) is 7.05. The fraction of sp³-hybridized carbons (Fsp3) is 0.444. The van der Waals surface area contributed by atoms with Crippen LogP contribution >= 0.6 is 0 Å². The fourth-order valence-electron chi connectivity index (χ4n) is 0.614. The molecule has 0 spiro atoms. The summed E-state index contributed by atoms with van der Waals surface area (Å²) in [6.07, 6.45) is 10.1. The van der Waals surface area contributed by atoms with Gasteiger partial charge in [-0.1, -0.05) is 44.6 Å². The van der Waals surface area contributed by atoms with E-state index in [4.69, 9.17) is 6.58 Å². The summed E-state index contributed by atoms with van der Waals surface area (Å²) in [5.74, 6) is 0. The second-order valence-electron chi connectivity index (χ2n) is 1.97. The number of hydrogen-bond acceptors (Lipinski definition) is 0. The molecule has 0 bridgehead atoms. The molecule has 2 radical (unpaired) electrons. The lowest BCUT2D eigenvalue weighted by Gasteiger charge is -1.89. The van der Waals surface area contributed by atoms with Gasteiger partial charge in [-0.25, -0.2) is 0 Å². The minimum absolute atomic E-state index is 1.04. The van der Waals surface area contributed by atoms with Crippen LogP contribution in [-0.2, 0) is 0 Å². The predicted octanol–water partition coefficient (Wildman–Crippen LogP) is 2.93. The maximum Gasteiger partial charge on any atom is -0.0348 e. The standard InChI is InChI=1S/C9H14/c1-3-5-7-9-8-6-4-2/h1,3,5,7H,2,4,6,8-9H2. The van der Waals surface area contributed by atoms with Gasteiger partial charge in [0, 0.05) is 0 Å². The molecule has 0 saturated carbocycles. The first-order valence-corrected chi connectivity index (χ1v) is 3.41. The van der Waals surface area contributed by atoms with Crippen LogP contribution in [-0.4, -0.2) is 0 Å². The fourth-order valence-corrected chi connectivity index (χ4v) is 0.614. The van der Waals surface area contributed by atoms with Crippen LogP contribution in [0.1, 0.15) is 25.7 Å². The van der Waals surface area contributed by atoms with Crippen LogP contribution in [0.15, 0.2) is 18.2 Å². The molecule has 0 fully saturated rings. The van der Waals surface area contributed by atoms with Gasteiger partial charge in [0.1, 0.15) is 0 Å². The summed E-state index contributed by atoms with van der Waals surface area (Å²) in [6.45, 7) is 8.87. The zero-order chi connectivity index (χ0) is 6.95. The molecule has 0 nitrogen and oxygen atoms in total. The highest BCUT2D eigenvalue weighted by Gasteiger charge is 1.79. The SMILES string of the molecule is [CH]=CC=CCCCC[CH2]. The largest absolute Gasteiger partial charge is 0.0845 e. The lowest BCUT2D eigenvalue weighted by atomic mass is 10.2. The van der Waals surface area contributed by atoms with E-state index in [1.807, 2.05) is 6.08 Å². The van der Waals surface area contributed by atoms with Gasteiger partial charge in [-0.15, -0.1) is 0 Å². The van der Waals surface area contributed by atoms with Gasteiger partial charge < -0.3 is 0 Å². The molecule has 0 aromatic heterocycles. The summed E-state index contributed by atoms with van der Waals surface area (Å²) in [7, 11) is 0. The van der Waals surface area contributed by atoms with Crippen molar-refractivity contribution in [2.45, 2.75) is 25.7 Å². The smallest absolute Gasteiger partial charge is 0.0348 e. The highest BCUT2D eigenvalue weighted by molar-refractivity contribution is 4.95. The highest BCUT2D eigenvalue weighted by atomic mass is 13.8. The van der Waals surface area contributed by atoms with E-state index >= 15 is 0 Å². The van der Waals surface area contributed by atoms with Crippen LogP contribution in [0.3, 0.4) is 0 Å². The number of rotatable bonds is 5. The molecule has 0 unspecified atom stereocenters. The van der Waals surface area contributed by atoms with Crippen molar-refractivity contribution < 1.29 is 0 Å². The molecule has 0 heterocycles. The number of allylic oxidation sites excluding steroid dienone is 3. The Balaban J connectivity index is 2.90. The monoisotopic (exact) mass is 122 g/mol. The van der Waals surface area contributed by atoms with Crippen LogP contribution in [0.25, 0.3) is 0 Å². The average molecular weight is 122 g/mol. The van der Waals surface area contributed by atoms with Crippen molar-refractivity contribution in [3.8, 4) is 0 Å². The molecule has 0 rings (SSSR count). The predicted molar refractivity (Wildman–Crippen MR) is 41.8 cm³/mol. The van der Waals surface area contributed by atoms with E-state index in [9.17, 15) is 0 Å². The Hall–Kier alpha value is -0.520. The molecule has 0 saturated heterocycles. The maximum absolute atomic E-state index is 5.12. The average Bonchev–Trinajstić information content (AvgIpc) is 1.89. The highest BCUT2D eigenvalue weighted by Crippen LogP contribution is 1.98. The van der Waals surface area contributed by atoms with Gasteiger partial charge in [0.2, 0.25) is 0 Å². The van der Waals surface area contributed by atoms with E-state index in [2.05, 4.69) is 13.0 Å². The van der Waals surface area contributed by atoms with Crippen LogP contribution < -0.4 is 0 Å². The van der Waals surface area contributed by atoms with Gasteiger partial charge in [-0.05, 0) is 12.8 Å². The van der Waals surface area contributed by atoms with E-state index in [0.29, 0.717) is 0 Å². The van der Waals surface area contributed by atoms with Crippen LogP contribution in [0.2, 0.25) is 0 Å². The molecular weight excluding hydrogens is 108 g/mol. The van der Waals surface area contributed by atoms with Crippen LogP contribution in [0.4, 0.5) is 0 Å². The van der Waals surface area contributed by atoms with Crippen LogP contribution in [0.5, 0.6) is 0 Å². The van der Waals surface area contributed by atoms with Crippen molar-refractivity contribution in [3.05, 3.63) is 31.7 Å². The van der Waals surface area contributed by atoms with E-state index in [1.165, 1.54) is 12.8 Å². The molecule has 0 aromatic carbocycles.